The van der Waals surface area contributed by atoms with E-state index in [0.29, 0.717) is 0 Å². The fraction of sp³-hybridized carbons (Fsp3) is 0.0667. The van der Waals surface area contributed by atoms with Gasteiger partial charge in [0.1, 0.15) is 18.1 Å². The van der Waals surface area contributed by atoms with Crippen molar-refractivity contribution in [2.24, 2.45) is 0 Å². The summed E-state index contributed by atoms with van der Waals surface area (Å²) in [5.74, 6) is 0. The van der Waals surface area contributed by atoms with Gasteiger partial charge in [-0.1, -0.05) is 115 Å². The molecule has 4 aromatic carbocycles. The number of pyridine rings is 1. The number of benzene rings is 4. The van der Waals surface area contributed by atoms with E-state index in [-0.39, 0.29) is 6.04 Å². The third-order valence-electron chi connectivity index (χ3n) is 6.32. The fourth-order valence-electron chi connectivity index (χ4n) is 4.87. The molecule has 0 fully saturated rings. The van der Waals surface area contributed by atoms with E-state index < -0.39 is 0 Å². The predicted molar refractivity (Wildman–Crippen MR) is 130 cm³/mol. The molecule has 1 aromatic heterocycles. The molecule has 0 radical (unpaired) electrons. The standard InChI is InChI=1S/C30H24N2/c1-3-11-23(12-4-1)21-31-22-32-28(27-18-9-16-24-13-7-8-17-26(24)27)19-10-20-29(32)30(31)25-14-5-2-6-15-25/h1-20,22,30H,21H2. The Morgan fingerprint density at radius 3 is 2.19 bits per heavy atom. The number of fused-ring (bicyclic) bond motifs is 2. The lowest BCUT2D eigenvalue weighted by molar-refractivity contribution is -0.627. The molecule has 0 saturated carbocycles. The van der Waals surface area contributed by atoms with Gasteiger partial charge in [-0.2, -0.15) is 0 Å². The predicted octanol–water partition coefficient (Wildman–Crippen LogP) is 6.37. The second-order valence-corrected chi connectivity index (χ2v) is 8.32. The highest BCUT2D eigenvalue weighted by Gasteiger charge is 2.33. The summed E-state index contributed by atoms with van der Waals surface area (Å²) in [5, 5.41) is 2.55. The summed E-state index contributed by atoms with van der Waals surface area (Å²) in [6, 6.07) is 43.6. The monoisotopic (exact) mass is 412 g/mol. The lowest BCUT2D eigenvalue weighted by Crippen LogP contribution is -2.36. The van der Waals surface area contributed by atoms with Crippen LogP contribution in [-0.2, 0) is 6.54 Å². The molecule has 154 valence electrons. The second kappa shape index (κ2) is 7.99. The van der Waals surface area contributed by atoms with Gasteiger partial charge in [0.05, 0.1) is 6.04 Å². The zero-order valence-corrected chi connectivity index (χ0v) is 17.8. The average Bonchev–Trinajstić information content (AvgIpc) is 3.23. The van der Waals surface area contributed by atoms with Crippen LogP contribution in [0.4, 0.5) is 0 Å². The van der Waals surface area contributed by atoms with E-state index in [0.717, 1.165) is 6.54 Å². The SMILES string of the molecule is c1ccc(CN2[CH-][n+]3c(-c4cccc5ccccc45)cccc3C2c2ccccc2)cc1. The molecule has 2 heteroatoms. The summed E-state index contributed by atoms with van der Waals surface area (Å²) in [5.41, 5.74) is 6.38. The van der Waals surface area contributed by atoms with Gasteiger partial charge in [0.25, 0.3) is 0 Å². The molecule has 0 aliphatic carbocycles. The van der Waals surface area contributed by atoms with Gasteiger partial charge in [-0.15, -0.1) is 0 Å². The van der Waals surface area contributed by atoms with Crippen LogP contribution in [0.3, 0.4) is 0 Å². The lowest BCUT2D eigenvalue weighted by Gasteiger charge is -2.24. The molecule has 1 atom stereocenters. The van der Waals surface area contributed by atoms with Gasteiger partial charge >= 0.3 is 0 Å². The molecule has 1 aliphatic rings. The van der Waals surface area contributed by atoms with Crippen molar-refractivity contribution in [1.82, 2.24) is 4.90 Å². The lowest BCUT2D eigenvalue weighted by atomic mass is 9.99. The number of nitrogens with zero attached hydrogens (tertiary/aromatic N) is 2. The van der Waals surface area contributed by atoms with Crippen LogP contribution in [0.5, 0.6) is 0 Å². The summed E-state index contributed by atoms with van der Waals surface area (Å²) in [4.78, 5) is 2.45. The van der Waals surface area contributed by atoms with Gasteiger partial charge in [-0.3, -0.25) is 4.90 Å². The first-order valence-corrected chi connectivity index (χ1v) is 11.1. The van der Waals surface area contributed by atoms with E-state index >= 15 is 0 Å². The molecule has 0 bridgehead atoms. The van der Waals surface area contributed by atoms with E-state index in [1.807, 2.05) is 0 Å². The zero-order chi connectivity index (χ0) is 21.3. The molecule has 32 heavy (non-hydrogen) atoms. The van der Waals surface area contributed by atoms with E-state index in [9.17, 15) is 0 Å². The molecule has 5 aromatic rings. The molecule has 0 spiro atoms. The quantitative estimate of drug-likeness (QED) is 0.246. The maximum atomic E-state index is 2.45. The van der Waals surface area contributed by atoms with Crippen LogP contribution in [-0.4, -0.2) is 4.90 Å². The highest BCUT2D eigenvalue weighted by atomic mass is 15.3. The molecule has 0 amide bonds. The maximum absolute atomic E-state index is 2.45. The first-order chi connectivity index (χ1) is 15.9. The van der Waals surface area contributed by atoms with Crippen molar-refractivity contribution in [3.05, 3.63) is 145 Å². The Labute approximate surface area is 189 Å². The molecule has 6 rings (SSSR count). The molecule has 2 nitrogen and oxygen atoms in total. The van der Waals surface area contributed by atoms with Gasteiger partial charge in [0.2, 0.25) is 0 Å². The first kappa shape index (κ1) is 18.9. The van der Waals surface area contributed by atoms with E-state index in [1.165, 1.54) is 38.9 Å². The van der Waals surface area contributed by atoms with Crippen molar-refractivity contribution in [2.45, 2.75) is 12.6 Å². The minimum absolute atomic E-state index is 0.173. The highest BCUT2D eigenvalue weighted by Crippen LogP contribution is 2.36. The van der Waals surface area contributed by atoms with Crippen LogP contribution in [0.15, 0.2) is 121 Å². The largest absolute Gasteiger partial charge is 0.313 e. The highest BCUT2D eigenvalue weighted by molar-refractivity contribution is 5.95. The molecular formula is C30H24N2. The maximum Gasteiger partial charge on any atom is 0.120 e. The Morgan fingerprint density at radius 1 is 0.656 bits per heavy atom. The number of hydrogen-bond acceptors (Lipinski definition) is 1. The third-order valence-corrected chi connectivity index (χ3v) is 6.32. The van der Waals surface area contributed by atoms with Gasteiger partial charge in [-0.25, -0.2) is 0 Å². The molecule has 0 N–H and O–H groups in total. The van der Waals surface area contributed by atoms with Gasteiger partial charge in [-0.05, 0) is 33.5 Å². The van der Waals surface area contributed by atoms with Crippen molar-refractivity contribution in [3.63, 3.8) is 0 Å². The van der Waals surface area contributed by atoms with Crippen LogP contribution in [0.25, 0.3) is 22.0 Å². The van der Waals surface area contributed by atoms with Gasteiger partial charge < -0.3 is 4.57 Å². The summed E-state index contributed by atoms with van der Waals surface area (Å²) in [6.07, 6.45) is 0. The second-order valence-electron chi connectivity index (χ2n) is 8.32. The molecule has 2 heterocycles. The van der Waals surface area contributed by atoms with Gasteiger partial charge in [0, 0.05) is 6.54 Å². The van der Waals surface area contributed by atoms with E-state index in [4.69, 9.17) is 0 Å². The topological polar surface area (TPSA) is 7.12 Å². The van der Waals surface area contributed by atoms with Crippen molar-refractivity contribution in [1.29, 1.82) is 0 Å². The third kappa shape index (κ3) is 3.26. The normalized spacial score (nSPS) is 15.4. The molecular weight excluding hydrogens is 388 g/mol. The fourth-order valence-corrected chi connectivity index (χ4v) is 4.87. The van der Waals surface area contributed by atoms with E-state index in [1.54, 1.807) is 0 Å². The molecule has 0 saturated heterocycles. The van der Waals surface area contributed by atoms with Gasteiger partial charge in [0.15, 0.2) is 0 Å². The summed E-state index contributed by atoms with van der Waals surface area (Å²) in [7, 11) is 0. The van der Waals surface area contributed by atoms with Crippen LogP contribution in [0.1, 0.15) is 22.9 Å². The van der Waals surface area contributed by atoms with Crippen molar-refractivity contribution in [3.8, 4) is 11.3 Å². The Hall–Kier alpha value is -3.88. The van der Waals surface area contributed by atoms with Crippen molar-refractivity contribution in [2.75, 3.05) is 0 Å². The average molecular weight is 413 g/mol. The van der Waals surface area contributed by atoms with Crippen LogP contribution in [0, 0.1) is 6.67 Å². The Morgan fingerprint density at radius 2 is 1.34 bits per heavy atom. The Bertz CT molecular complexity index is 1370. The molecule has 1 aliphatic heterocycles. The number of aromatic nitrogens is 1. The van der Waals surface area contributed by atoms with Crippen molar-refractivity contribution >= 4 is 10.8 Å². The smallest absolute Gasteiger partial charge is 0.120 e. The first-order valence-electron chi connectivity index (χ1n) is 11.1. The van der Waals surface area contributed by atoms with Crippen LogP contribution in [0.2, 0.25) is 0 Å². The summed E-state index contributed by atoms with van der Waals surface area (Å²) < 4.78 is 2.38. The van der Waals surface area contributed by atoms with E-state index in [2.05, 4.69) is 137 Å². The van der Waals surface area contributed by atoms with Crippen LogP contribution >= 0.6 is 0 Å². The van der Waals surface area contributed by atoms with Crippen molar-refractivity contribution < 1.29 is 4.57 Å². The minimum atomic E-state index is 0.173. The zero-order valence-electron chi connectivity index (χ0n) is 17.8. The minimum Gasteiger partial charge on any atom is -0.313 e. The number of hydrogen-bond donors (Lipinski definition) is 0. The van der Waals surface area contributed by atoms with Crippen LogP contribution < -0.4 is 4.57 Å². The Kier molecular flexibility index (Phi) is 4.71. The summed E-state index contributed by atoms with van der Waals surface area (Å²) in [6.45, 7) is 3.15. The summed E-state index contributed by atoms with van der Waals surface area (Å²) >= 11 is 0. The molecule has 1 unspecified atom stereocenters. The number of rotatable bonds is 4. The Balaban J connectivity index is 1.51.